The Labute approximate surface area is 97.4 Å². The van der Waals surface area contributed by atoms with Crippen molar-refractivity contribution >= 4 is 17.7 Å². The monoisotopic (exact) mass is 237 g/mol. The summed E-state index contributed by atoms with van der Waals surface area (Å²) in [6, 6.07) is 6.75. The van der Waals surface area contributed by atoms with Crippen LogP contribution in [-0.4, -0.2) is 36.9 Å². The van der Waals surface area contributed by atoms with Crippen LogP contribution in [0.15, 0.2) is 24.3 Å². The van der Waals surface area contributed by atoms with Gasteiger partial charge in [0.05, 0.1) is 12.2 Å². The Balaban J connectivity index is 2.20. The first-order chi connectivity index (χ1) is 8.18. The van der Waals surface area contributed by atoms with Gasteiger partial charge in [-0.05, 0) is 12.1 Å². The molecule has 2 rings (SSSR count). The van der Waals surface area contributed by atoms with Crippen molar-refractivity contribution in [2.45, 2.75) is 0 Å². The van der Waals surface area contributed by atoms with Crippen molar-refractivity contribution in [1.82, 2.24) is 0 Å². The molecule has 0 spiro atoms. The minimum atomic E-state index is -1.07. The van der Waals surface area contributed by atoms with E-state index in [-0.39, 0.29) is 0 Å². The first-order valence-corrected chi connectivity index (χ1v) is 5.06. The number of rotatable bonds is 4. The Hall–Kier alpha value is -2.24. The molecular formula is C11H11NO5. The largest absolute Gasteiger partial charge is 0.480 e. The Morgan fingerprint density at radius 1 is 1.47 bits per heavy atom. The predicted molar refractivity (Wildman–Crippen MR) is 58.3 cm³/mol. The average molecular weight is 237 g/mol. The van der Waals surface area contributed by atoms with Crippen molar-refractivity contribution in [1.29, 1.82) is 0 Å². The van der Waals surface area contributed by atoms with Gasteiger partial charge in [0.1, 0.15) is 12.4 Å². The number of carbonyl (C=O) groups is 2. The van der Waals surface area contributed by atoms with Crippen LogP contribution >= 0.6 is 0 Å². The number of carbonyl (C=O) groups excluding carboxylic acids is 1. The van der Waals surface area contributed by atoms with Gasteiger partial charge < -0.3 is 14.6 Å². The molecule has 0 bridgehead atoms. The first kappa shape index (κ1) is 11.3. The fourth-order valence-corrected chi connectivity index (χ4v) is 1.55. The van der Waals surface area contributed by atoms with E-state index in [1.165, 1.54) is 4.90 Å². The standard InChI is InChI=1S/C11H11NO5/c13-10(14)7-17-9-4-2-1-3-8(9)12-5-6-16-11(12)15/h1-4H,5-7H2,(H,13,14). The van der Waals surface area contributed by atoms with E-state index in [1.807, 2.05) is 0 Å². The van der Waals surface area contributed by atoms with E-state index in [0.29, 0.717) is 24.6 Å². The minimum absolute atomic E-state index is 0.325. The topological polar surface area (TPSA) is 76.1 Å². The van der Waals surface area contributed by atoms with Gasteiger partial charge in [-0.3, -0.25) is 4.90 Å². The van der Waals surface area contributed by atoms with Gasteiger partial charge in [0.15, 0.2) is 6.61 Å². The Bertz CT molecular complexity index is 445. The molecule has 0 atom stereocenters. The lowest BCUT2D eigenvalue weighted by Crippen LogP contribution is -2.24. The normalized spacial score (nSPS) is 14.6. The summed E-state index contributed by atoms with van der Waals surface area (Å²) in [7, 11) is 0. The molecule has 0 saturated carbocycles. The molecular weight excluding hydrogens is 226 g/mol. The summed E-state index contributed by atoms with van der Waals surface area (Å²) >= 11 is 0. The highest BCUT2D eigenvalue weighted by Crippen LogP contribution is 2.29. The highest BCUT2D eigenvalue weighted by Gasteiger charge is 2.26. The molecule has 1 saturated heterocycles. The van der Waals surface area contributed by atoms with Gasteiger partial charge >= 0.3 is 12.1 Å². The lowest BCUT2D eigenvalue weighted by atomic mass is 10.2. The van der Waals surface area contributed by atoms with E-state index in [1.54, 1.807) is 24.3 Å². The number of benzene rings is 1. The summed E-state index contributed by atoms with van der Waals surface area (Å²) in [5.41, 5.74) is 0.524. The highest BCUT2D eigenvalue weighted by atomic mass is 16.6. The van der Waals surface area contributed by atoms with E-state index in [0.717, 1.165) is 0 Å². The maximum atomic E-state index is 11.4. The van der Waals surface area contributed by atoms with Crippen molar-refractivity contribution in [3.05, 3.63) is 24.3 Å². The number of cyclic esters (lactones) is 1. The SMILES string of the molecule is O=C(O)COc1ccccc1N1CCOC1=O. The summed E-state index contributed by atoms with van der Waals surface area (Å²) in [6.45, 7) is 0.318. The molecule has 6 heteroatoms. The van der Waals surface area contributed by atoms with Crippen LogP contribution in [0.3, 0.4) is 0 Å². The first-order valence-electron chi connectivity index (χ1n) is 5.06. The molecule has 6 nitrogen and oxygen atoms in total. The molecule has 1 aliphatic rings. The minimum Gasteiger partial charge on any atom is -0.480 e. The lowest BCUT2D eigenvalue weighted by molar-refractivity contribution is -0.139. The number of hydrogen-bond donors (Lipinski definition) is 1. The summed E-state index contributed by atoms with van der Waals surface area (Å²) in [5.74, 6) is -0.711. The molecule has 0 unspecified atom stereocenters. The molecule has 0 aromatic heterocycles. The van der Waals surface area contributed by atoms with Crippen molar-refractivity contribution in [3.63, 3.8) is 0 Å². The zero-order valence-electron chi connectivity index (χ0n) is 8.96. The van der Waals surface area contributed by atoms with Crippen LogP contribution in [0.4, 0.5) is 10.5 Å². The number of aliphatic carboxylic acids is 1. The van der Waals surface area contributed by atoms with Crippen LogP contribution in [-0.2, 0) is 9.53 Å². The molecule has 1 N–H and O–H groups in total. The van der Waals surface area contributed by atoms with Crippen LogP contribution in [0.2, 0.25) is 0 Å². The smallest absolute Gasteiger partial charge is 0.414 e. The summed E-state index contributed by atoms with van der Waals surface area (Å²) in [4.78, 5) is 23.3. The van der Waals surface area contributed by atoms with Crippen LogP contribution in [0.5, 0.6) is 5.75 Å². The van der Waals surface area contributed by atoms with Gasteiger partial charge in [-0.25, -0.2) is 9.59 Å². The Kier molecular flexibility index (Phi) is 3.13. The number of para-hydroxylation sites is 2. The predicted octanol–water partition coefficient (Wildman–Crippen LogP) is 1.11. The summed E-state index contributed by atoms with van der Waals surface area (Å²) in [6.07, 6.45) is -0.448. The van der Waals surface area contributed by atoms with Crippen LogP contribution in [0.25, 0.3) is 0 Å². The number of carboxylic acid groups (broad SMARTS) is 1. The van der Waals surface area contributed by atoms with Crippen LogP contribution < -0.4 is 9.64 Å². The Morgan fingerprint density at radius 3 is 2.88 bits per heavy atom. The van der Waals surface area contributed by atoms with E-state index < -0.39 is 18.7 Å². The van der Waals surface area contributed by atoms with E-state index in [2.05, 4.69) is 0 Å². The van der Waals surface area contributed by atoms with E-state index in [9.17, 15) is 9.59 Å². The second kappa shape index (κ2) is 4.73. The van der Waals surface area contributed by atoms with Gasteiger partial charge in [-0.1, -0.05) is 12.1 Å². The number of ether oxygens (including phenoxy) is 2. The van der Waals surface area contributed by atoms with Crippen molar-refractivity contribution in [2.75, 3.05) is 24.7 Å². The zero-order valence-corrected chi connectivity index (χ0v) is 8.96. The summed E-state index contributed by atoms with van der Waals surface area (Å²) in [5, 5.41) is 8.55. The molecule has 17 heavy (non-hydrogen) atoms. The number of carboxylic acids is 1. The van der Waals surface area contributed by atoms with Gasteiger partial charge in [0, 0.05) is 0 Å². The van der Waals surface area contributed by atoms with Crippen molar-refractivity contribution < 1.29 is 24.2 Å². The summed E-state index contributed by atoms with van der Waals surface area (Å²) < 4.78 is 9.93. The van der Waals surface area contributed by atoms with Gasteiger partial charge in [-0.2, -0.15) is 0 Å². The maximum Gasteiger partial charge on any atom is 0.414 e. The van der Waals surface area contributed by atoms with Gasteiger partial charge in [0.25, 0.3) is 0 Å². The second-order valence-corrected chi connectivity index (χ2v) is 3.42. The fraction of sp³-hybridized carbons (Fsp3) is 0.273. The second-order valence-electron chi connectivity index (χ2n) is 3.42. The van der Waals surface area contributed by atoms with Gasteiger partial charge in [-0.15, -0.1) is 0 Å². The molecule has 1 aromatic rings. The average Bonchev–Trinajstić information content (AvgIpc) is 2.73. The number of amides is 1. The Morgan fingerprint density at radius 2 is 2.24 bits per heavy atom. The van der Waals surface area contributed by atoms with E-state index >= 15 is 0 Å². The zero-order chi connectivity index (χ0) is 12.3. The molecule has 1 aromatic carbocycles. The molecule has 90 valence electrons. The third-order valence-electron chi connectivity index (χ3n) is 2.27. The molecule has 0 radical (unpaired) electrons. The lowest BCUT2D eigenvalue weighted by Gasteiger charge is -2.16. The molecule has 1 heterocycles. The third kappa shape index (κ3) is 2.47. The molecule has 1 fully saturated rings. The number of anilines is 1. The van der Waals surface area contributed by atoms with Crippen LogP contribution in [0.1, 0.15) is 0 Å². The number of nitrogens with zero attached hydrogens (tertiary/aromatic N) is 1. The van der Waals surface area contributed by atoms with E-state index in [4.69, 9.17) is 14.6 Å². The molecule has 1 aliphatic heterocycles. The van der Waals surface area contributed by atoms with Crippen molar-refractivity contribution in [2.24, 2.45) is 0 Å². The fourth-order valence-electron chi connectivity index (χ4n) is 1.55. The van der Waals surface area contributed by atoms with Crippen molar-refractivity contribution in [3.8, 4) is 5.75 Å². The number of hydrogen-bond acceptors (Lipinski definition) is 4. The molecule has 1 amide bonds. The third-order valence-corrected chi connectivity index (χ3v) is 2.27. The quantitative estimate of drug-likeness (QED) is 0.848. The van der Waals surface area contributed by atoms with Crippen LogP contribution in [0, 0.1) is 0 Å². The maximum absolute atomic E-state index is 11.4. The van der Waals surface area contributed by atoms with Gasteiger partial charge in [0.2, 0.25) is 0 Å². The highest BCUT2D eigenvalue weighted by molar-refractivity contribution is 5.91. The molecule has 0 aliphatic carbocycles.